The van der Waals surface area contributed by atoms with Gasteiger partial charge in [0.15, 0.2) is 0 Å². The summed E-state index contributed by atoms with van der Waals surface area (Å²) in [5, 5.41) is 5.62. The van der Waals surface area contributed by atoms with Crippen molar-refractivity contribution in [1.82, 2.24) is 10.2 Å². The van der Waals surface area contributed by atoms with E-state index in [4.69, 9.17) is 4.74 Å². The van der Waals surface area contributed by atoms with E-state index in [0.29, 0.717) is 6.42 Å². The molecule has 1 atom stereocenters. The predicted molar refractivity (Wildman–Crippen MR) is 120 cm³/mol. The molecule has 162 valence electrons. The van der Waals surface area contributed by atoms with Gasteiger partial charge in [-0.1, -0.05) is 18.6 Å². The summed E-state index contributed by atoms with van der Waals surface area (Å²) >= 11 is 1.64. The molecule has 0 spiro atoms. The van der Waals surface area contributed by atoms with E-state index in [0.717, 1.165) is 31.1 Å². The molecule has 0 aliphatic carbocycles. The summed E-state index contributed by atoms with van der Waals surface area (Å²) < 4.78 is 5.29. The van der Waals surface area contributed by atoms with Crippen molar-refractivity contribution in [1.29, 1.82) is 0 Å². The maximum atomic E-state index is 12.7. The molecule has 1 aliphatic rings. The second-order valence-corrected chi connectivity index (χ2v) is 9.49. The number of rotatable bonds is 8. The van der Waals surface area contributed by atoms with Crippen LogP contribution in [0.5, 0.6) is 0 Å². The summed E-state index contributed by atoms with van der Waals surface area (Å²) in [5.41, 5.74) is 1.38. The van der Waals surface area contributed by atoms with E-state index in [2.05, 4.69) is 27.7 Å². The molecular weight excluding hydrogens is 386 g/mol. The minimum Gasteiger partial charge on any atom is -0.444 e. The lowest BCUT2D eigenvalue weighted by molar-refractivity contribution is -0.118. The smallest absolute Gasteiger partial charge is 0.408 e. The zero-order valence-electron chi connectivity index (χ0n) is 18.1. The van der Waals surface area contributed by atoms with Crippen molar-refractivity contribution < 1.29 is 14.3 Å². The number of hydrogen-bond donors (Lipinski definition) is 2. The zero-order valence-corrected chi connectivity index (χ0v) is 18.9. The van der Waals surface area contributed by atoms with Gasteiger partial charge in [-0.25, -0.2) is 4.79 Å². The van der Waals surface area contributed by atoms with Crippen LogP contribution in [-0.2, 0) is 16.1 Å². The van der Waals surface area contributed by atoms with Crippen LogP contribution in [0.15, 0.2) is 24.3 Å². The van der Waals surface area contributed by atoms with Crippen LogP contribution < -0.4 is 10.6 Å². The molecule has 1 aliphatic heterocycles. The van der Waals surface area contributed by atoms with E-state index >= 15 is 0 Å². The van der Waals surface area contributed by atoms with Gasteiger partial charge in [-0.15, -0.1) is 0 Å². The largest absolute Gasteiger partial charge is 0.444 e. The molecular formula is C22H35N3O3S. The third-order valence-corrected chi connectivity index (χ3v) is 5.34. The molecule has 6 nitrogen and oxygen atoms in total. The van der Waals surface area contributed by atoms with Crippen molar-refractivity contribution in [3.8, 4) is 0 Å². The van der Waals surface area contributed by atoms with Crippen molar-refractivity contribution in [3.63, 3.8) is 0 Å². The van der Waals surface area contributed by atoms with E-state index in [-0.39, 0.29) is 5.91 Å². The van der Waals surface area contributed by atoms with Crippen molar-refractivity contribution in [3.05, 3.63) is 29.8 Å². The standard InChI is InChI=1S/C22H35N3O3S/c1-22(2,3)28-21(27)24-19(12-15-29-4)20(26)23-18-10-8-17(9-11-18)16-25-13-6-5-7-14-25/h8-11,19H,5-7,12-16H2,1-4H3,(H,23,26)(H,24,27). The third-order valence-electron chi connectivity index (χ3n) is 4.69. The van der Waals surface area contributed by atoms with Gasteiger partial charge in [-0.3, -0.25) is 9.69 Å². The number of carbonyl (C=O) groups is 2. The minimum absolute atomic E-state index is 0.228. The van der Waals surface area contributed by atoms with E-state index in [1.165, 1.54) is 24.8 Å². The first kappa shape index (κ1) is 23.5. The Kier molecular flexibility index (Phi) is 9.30. The normalized spacial score (nSPS) is 16.1. The highest BCUT2D eigenvalue weighted by Gasteiger charge is 2.24. The lowest BCUT2D eigenvalue weighted by atomic mass is 10.1. The Labute approximate surface area is 179 Å². The molecule has 0 aromatic heterocycles. The maximum absolute atomic E-state index is 12.7. The Balaban J connectivity index is 1.92. The first-order valence-corrected chi connectivity index (χ1v) is 11.8. The van der Waals surface area contributed by atoms with Crippen molar-refractivity contribution >= 4 is 29.4 Å². The second-order valence-electron chi connectivity index (χ2n) is 8.50. The fraction of sp³-hybridized carbons (Fsp3) is 0.636. The number of likely N-dealkylation sites (tertiary alicyclic amines) is 1. The average Bonchev–Trinajstić information content (AvgIpc) is 2.66. The minimum atomic E-state index is -0.634. The number of nitrogens with zero attached hydrogens (tertiary/aromatic N) is 1. The number of amides is 2. The lowest BCUT2D eigenvalue weighted by Crippen LogP contribution is -2.46. The Morgan fingerprint density at radius 2 is 1.79 bits per heavy atom. The zero-order chi connectivity index (χ0) is 21.3. The van der Waals surface area contributed by atoms with Gasteiger partial charge < -0.3 is 15.4 Å². The van der Waals surface area contributed by atoms with Gasteiger partial charge >= 0.3 is 6.09 Å². The monoisotopic (exact) mass is 421 g/mol. The van der Waals surface area contributed by atoms with E-state index in [1.54, 1.807) is 32.5 Å². The molecule has 1 fully saturated rings. The molecule has 0 bridgehead atoms. The molecule has 2 N–H and O–H groups in total. The number of hydrogen-bond acceptors (Lipinski definition) is 5. The van der Waals surface area contributed by atoms with Crippen LogP contribution in [-0.4, -0.2) is 53.6 Å². The molecule has 2 amide bonds. The van der Waals surface area contributed by atoms with Crippen LogP contribution in [0, 0.1) is 0 Å². The molecule has 0 radical (unpaired) electrons. The quantitative estimate of drug-likeness (QED) is 0.656. The number of ether oxygens (including phenoxy) is 1. The maximum Gasteiger partial charge on any atom is 0.408 e. The van der Waals surface area contributed by atoms with Crippen LogP contribution in [0.3, 0.4) is 0 Å². The van der Waals surface area contributed by atoms with Gasteiger partial charge in [0.2, 0.25) is 5.91 Å². The van der Waals surface area contributed by atoms with Gasteiger partial charge in [-0.2, -0.15) is 11.8 Å². The Morgan fingerprint density at radius 3 is 2.38 bits per heavy atom. The molecule has 1 unspecified atom stereocenters. The number of nitrogens with one attached hydrogen (secondary N) is 2. The number of piperidine rings is 1. The molecule has 2 rings (SSSR count). The van der Waals surface area contributed by atoms with Crippen LogP contribution in [0.2, 0.25) is 0 Å². The van der Waals surface area contributed by atoms with Crippen LogP contribution in [0.4, 0.5) is 10.5 Å². The highest BCUT2D eigenvalue weighted by Crippen LogP contribution is 2.16. The van der Waals surface area contributed by atoms with E-state index in [1.807, 2.05) is 18.4 Å². The van der Waals surface area contributed by atoms with Crippen molar-refractivity contribution in [2.24, 2.45) is 0 Å². The Hall–Kier alpha value is -1.73. The number of carbonyl (C=O) groups excluding carboxylic acids is 2. The third kappa shape index (κ3) is 9.09. The fourth-order valence-corrected chi connectivity index (χ4v) is 3.72. The first-order valence-electron chi connectivity index (χ1n) is 10.4. The topological polar surface area (TPSA) is 70.7 Å². The van der Waals surface area contributed by atoms with Gasteiger partial charge in [-0.05, 0) is 82.8 Å². The highest BCUT2D eigenvalue weighted by atomic mass is 32.2. The second kappa shape index (κ2) is 11.5. The van der Waals surface area contributed by atoms with Gasteiger partial charge in [0.1, 0.15) is 11.6 Å². The SMILES string of the molecule is CSCCC(NC(=O)OC(C)(C)C)C(=O)Nc1ccc(CN2CCCCC2)cc1. The number of benzene rings is 1. The molecule has 29 heavy (non-hydrogen) atoms. The average molecular weight is 422 g/mol. The van der Waals surface area contributed by atoms with Crippen LogP contribution >= 0.6 is 11.8 Å². The van der Waals surface area contributed by atoms with Crippen LogP contribution in [0.25, 0.3) is 0 Å². The summed E-state index contributed by atoms with van der Waals surface area (Å²) in [6.45, 7) is 8.67. The van der Waals surface area contributed by atoms with Crippen molar-refractivity contribution in [2.75, 3.05) is 30.4 Å². The number of anilines is 1. The first-order chi connectivity index (χ1) is 13.8. The predicted octanol–water partition coefficient (Wildman–Crippen LogP) is 4.26. The molecule has 1 heterocycles. The number of thioether (sulfide) groups is 1. The van der Waals surface area contributed by atoms with E-state index < -0.39 is 17.7 Å². The van der Waals surface area contributed by atoms with Crippen LogP contribution in [0.1, 0.15) is 52.0 Å². The Bertz CT molecular complexity index is 652. The highest BCUT2D eigenvalue weighted by molar-refractivity contribution is 7.98. The number of alkyl carbamates (subject to hydrolysis) is 1. The molecule has 0 saturated carbocycles. The lowest BCUT2D eigenvalue weighted by Gasteiger charge is -2.26. The summed E-state index contributed by atoms with van der Waals surface area (Å²) in [6.07, 6.45) is 5.82. The summed E-state index contributed by atoms with van der Waals surface area (Å²) in [5.74, 6) is 0.538. The molecule has 7 heteroatoms. The van der Waals surface area contributed by atoms with Crippen molar-refractivity contribution in [2.45, 2.75) is 64.6 Å². The Morgan fingerprint density at radius 1 is 1.14 bits per heavy atom. The van der Waals surface area contributed by atoms with E-state index in [9.17, 15) is 9.59 Å². The molecule has 1 aromatic carbocycles. The van der Waals surface area contributed by atoms with Gasteiger partial charge in [0, 0.05) is 12.2 Å². The van der Waals surface area contributed by atoms with Gasteiger partial charge in [0.05, 0.1) is 0 Å². The summed E-state index contributed by atoms with van der Waals surface area (Å²) in [7, 11) is 0. The summed E-state index contributed by atoms with van der Waals surface area (Å²) in [4.78, 5) is 27.3. The molecule has 1 saturated heterocycles. The molecule has 1 aromatic rings. The fourth-order valence-electron chi connectivity index (χ4n) is 3.25. The van der Waals surface area contributed by atoms with Gasteiger partial charge in [0.25, 0.3) is 0 Å². The summed E-state index contributed by atoms with van der Waals surface area (Å²) in [6, 6.07) is 7.34.